The number of nitriles is 1. The SMILES string of the molecule is CC(NC(=O)NC(CCC(=O)O)Cc1ccccc1)c1ccc(C#N)cc1. The minimum absolute atomic E-state index is 0.0110. The number of aliphatic carboxylic acids is 1. The largest absolute Gasteiger partial charge is 0.481 e. The first kappa shape index (κ1) is 20.0. The standard InChI is InChI=1S/C21H23N3O3/c1-15(18-9-7-17(14-22)8-10-18)23-21(27)24-19(11-12-20(25)26)13-16-5-3-2-4-6-16/h2-10,15,19H,11-13H2,1H3,(H,25,26)(H2,23,24,27). The van der Waals surface area contributed by atoms with Crippen LogP contribution in [0, 0.1) is 11.3 Å². The molecular formula is C21H23N3O3. The van der Waals surface area contributed by atoms with Crippen molar-refractivity contribution in [3.63, 3.8) is 0 Å². The fraction of sp³-hybridized carbons (Fsp3) is 0.286. The van der Waals surface area contributed by atoms with Crippen LogP contribution in [0.4, 0.5) is 4.79 Å². The average molecular weight is 365 g/mol. The van der Waals surface area contributed by atoms with Crippen molar-refractivity contribution in [1.29, 1.82) is 5.26 Å². The van der Waals surface area contributed by atoms with Crippen LogP contribution in [0.1, 0.15) is 42.5 Å². The summed E-state index contributed by atoms with van der Waals surface area (Å²) in [7, 11) is 0. The third kappa shape index (κ3) is 6.83. The van der Waals surface area contributed by atoms with Gasteiger partial charge in [0.15, 0.2) is 0 Å². The number of carbonyl (C=O) groups is 2. The van der Waals surface area contributed by atoms with Crippen LogP contribution in [0.2, 0.25) is 0 Å². The summed E-state index contributed by atoms with van der Waals surface area (Å²) in [6, 6.07) is 17.8. The molecule has 0 aliphatic heterocycles. The number of urea groups is 1. The molecule has 0 aromatic heterocycles. The lowest BCUT2D eigenvalue weighted by Gasteiger charge is -2.21. The molecule has 0 saturated carbocycles. The molecule has 2 rings (SSSR count). The van der Waals surface area contributed by atoms with Gasteiger partial charge in [-0.2, -0.15) is 5.26 Å². The number of carboxylic acids is 1. The topological polar surface area (TPSA) is 102 Å². The predicted molar refractivity (Wildman–Crippen MR) is 102 cm³/mol. The van der Waals surface area contributed by atoms with Gasteiger partial charge in [0.25, 0.3) is 0 Å². The number of benzene rings is 2. The second-order valence-electron chi connectivity index (χ2n) is 6.39. The monoisotopic (exact) mass is 365 g/mol. The smallest absolute Gasteiger partial charge is 0.315 e. The molecule has 0 radical (unpaired) electrons. The van der Waals surface area contributed by atoms with Crippen LogP contribution in [0.3, 0.4) is 0 Å². The molecule has 3 N–H and O–H groups in total. The molecule has 0 aliphatic carbocycles. The molecule has 0 heterocycles. The summed E-state index contributed by atoms with van der Waals surface area (Å²) in [5.74, 6) is -0.888. The number of nitrogens with zero attached hydrogens (tertiary/aromatic N) is 1. The van der Waals surface area contributed by atoms with Crippen molar-refractivity contribution < 1.29 is 14.7 Å². The number of carbonyl (C=O) groups excluding carboxylic acids is 1. The number of hydrogen-bond acceptors (Lipinski definition) is 3. The predicted octanol–water partition coefficient (Wildman–Crippen LogP) is 3.39. The van der Waals surface area contributed by atoms with Crippen molar-refractivity contribution in [1.82, 2.24) is 10.6 Å². The lowest BCUT2D eigenvalue weighted by molar-refractivity contribution is -0.137. The van der Waals surface area contributed by atoms with E-state index in [0.29, 0.717) is 18.4 Å². The quantitative estimate of drug-likeness (QED) is 0.667. The molecule has 2 amide bonds. The maximum Gasteiger partial charge on any atom is 0.315 e. The highest BCUT2D eigenvalue weighted by molar-refractivity contribution is 5.75. The highest BCUT2D eigenvalue weighted by Crippen LogP contribution is 2.13. The van der Waals surface area contributed by atoms with Gasteiger partial charge < -0.3 is 15.7 Å². The van der Waals surface area contributed by atoms with Gasteiger partial charge in [0, 0.05) is 12.5 Å². The Bertz CT molecular complexity index is 798. The average Bonchev–Trinajstić information content (AvgIpc) is 2.66. The summed E-state index contributed by atoms with van der Waals surface area (Å²) in [5, 5.41) is 23.5. The van der Waals surface area contributed by atoms with Gasteiger partial charge in [-0.1, -0.05) is 42.5 Å². The molecule has 0 spiro atoms. The Hall–Kier alpha value is -3.33. The third-order valence-electron chi connectivity index (χ3n) is 4.25. The zero-order valence-electron chi connectivity index (χ0n) is 15.2. The summed E-state index contributed by atoms with van der Waals surface area (Å²) in [5.41, 5.74) is 2.48. The van der Waals surface area contributed by atoms with E-state index < -0.39 is 5.97 Å². The highest BCUT2D eigenvalue weighted by atomic mass is 16.4. The molecule has 6 nitrogen and oxygen atoms in total. The Kier molecular flexibility index (Phi) is 7.38. The van der Waals surface area contributed by atoms with Crippen LogP contribution in [0.15, 0.2) is 54.6 Å². The second-order valence-corrected chi connectivity index (χ2v) is 6.39. The number of carboxylic acid groups (broad SMARTS) is 1. The Labute approximate surface area is 158 Å². The van der Waals surface area contributed by atoms with Gasteiger partial charge in [0.2, 0.25) is 0 Å². The minimum Gasteiger partial charge on any atom is -0.481 e. The van der Waals surface area contributed by atoms with Crippen LogP contribution >= 0.6 is 0 Å². The van der Waals surface area contributed by atoms with Crippen molar-refractivity contribution in [2.24, 2.45) is 0 Å². The molecule has 2 aromatic rings. The van der Waals surface area contributed by atoms with E-state index in [-0.39, 0.29) is 24.5 Å². The number of nitrogens with one attached hydrogen (secondary N) is 2. The summed E-state index contributed by atoms with van der Waals surface area (Å²) in [4.78, 5) is 23.3. The number of rotatable bonds is 8. The third-order valence-corrected chi connectivity index (χ3v) is 4.25. The molecule has 6 heteroatoms. The first-order chi connectivity index (χ1) is 13.0. The van der Waals surface area contributed by atoms with E-state index in [0.717, 1.165) is 11.1 Å². The number of hydrogen-bond donors (Lipinski definition) is 3. The van der Waals surface area contributed by atoms with Crippen LogP contribution in [0.5, 0.6) is 0 Å². The zero-order valence-corrected chi connectivity index (χ0v) is 15.2. The summed E-state index contributed by atoms with van der Waals surface area (Å²) < 4.78 is 0. The van der Waals surface area contributed by atoms with Crippen molar-refractivity contribution in [3.8, 4) is 6.07 Å². The van der Waals surface area contributed by atoms with Gasteiger partial charge in [-0.25, -0.2) is 4.79 Å². The fourth-order valence-corrected chi connectivity index (χ4v) is 2.77. The fourth-order valence-electron chi connectivity index (χ4n) is 2.77. The van der Waals surface area contributed by atoms with Gasteiger partial charge in [0.05, 0.1) is 17.7 Å². The maximum absolute atomic E-state index is 12.4. The van der Waals surface area contributed by atoms with E-state index >= 15 is 0 Å². The molecule has 140 valence electrons. The normalized spacial score (nSPS) is 12.4. The van der Waals surface area contributed by atoms with Gasteiger partial charge in [-0.15, -0.1) is 0 Å². The lowest BCUT2D eigenvalue weighted by Crippen LogP contribution is -2.44. The van der Waals surface area contributed by atoms with E-state index in [1.165, 1.54) is 0 Å². The Balaban J connectivity index is 1.96. The van der Waals surface area contributed by atoms with Crippen LogP contribution in [-0.4, -0.2) is 23.1 Å². The van der Waals surface area contributed by atoms with Crippen LogP contribution in [-0.2, 0) is 11.2 Å². The summed E-state index contributed by atoms with van der Waals surface area (Å²) in [6.07, 6.45) is 0.901. The molecule has 2 unspecified atom stereocenters. The van der Waals surface area contributed by atoms with E-state index in [2.05, 4.69) is 16.7 Å². The molecule has 0 fully saturated rings. The van der Waals surface area contributed by atoms with Crippen LogP contribution in [0.25, 0.3) is 0 Å². The van der Waals surface area contributed by atoms with Crippen molar-refractivity contribution in [2.75, 3.05) is 0 Å². The maximum atomic E-state index is 12.4. The van der Waals surface area contributed by atoms with Crippen molar-refractivity contribution >= 4 is 12.0 Å². The Morgan fingerprint density at radius 3 is 2.33 bits per heavy atom. The van der Waals surface area contributed by atoms with Crippen molar-refractivity contribution in [3.05, 3.63) is 71.3 Å². The Morgan fingerprint density at radius 2 is 1.74 bits per heavy atom. The Morgan fingerprint density at radius 1 is 1.07 bits per heavy atom. The lowest BCUT2D eigenvalue weighted by atomic mass is 10.0. The molecule has 2 aromatic carbocycles. The van der Waals surface area contributed by atoms with Gasteiger partial charge in [0.1, 0.15) is 0 Å². The van der Waals surface area contributed by atoms with Gasteiger partial charge in [-0.05, 0) is 43.0 Å². The summed E-state index contributed by atoms with van der Waals surface area (Å²) in [6.45, 7) is 1.85. The molecule has 27 heavy (non-hydrogen) atoms. The minimum atomic E-state index is -0.888. The van der Waals surface area contributed by atoms with E-state index in [4.69, 9.17) is 10.4 Å². The molecule has 0 aliphatic rings. The molecule has 0 bridgehead atoms. The number of amides is 2. The first-order valence-electron chi connectivity index (χ1n) is 8.80. The first-order valence-corrected chi connectivity index (χ1v) is 8.80. The van der Waals surface area contributed by atoms with E-state index in [1.54, 1.807) is 24.3 Å². The van der Waals surface area contributed by atoms with Gasteiger partial charge >= 0.3 is 12.0 Å². The molecule has 2 atom stereocenters. The van der Waals surface area contributed by atoms with E-state index in [9.17, 15) is 9.59 Å². The summed E-state index contributed by atoms with van der Waals surface area (Å²) >= 11 is 0. The van der Waals surface area contributed by atoms with Crippen LogP contribution < -0.4 is 10.6 Å². The highest BCUT2D eigenvalue weighted by Gasteiger charge is 2.16. The molecule has 0 saturated heterocycles. The van der Waals surface area contributed by atoms with Gasteiger partial charge in [-0.3, -0.25) is 4.79 Å². The second kappa shape index (κ2) is 9.97. The molecular weight excluding hydrogens is 342 g/mol. The van der Waals surface area contributed by atoms with E-state index in [1.807, 2.05) is 37.3 Å². The van der Waals surface area contributed by atoms with Crippen molar-refractivity contribution in [2.45, 2.75) is 38.3 Å². The zero-order chi connectivity index (χ0) is 19.6.